The molecule has 0 unspecified atom stereocenters. The Bertz CT molecular complexity index is 585. The van der Waals surface area contributed by atoms with E-state index in [4.69, 9.17) is 4.52 Å². The fourth-order valence-electron chi connectivity index (χ4n) is 2.33. The average Bonchev–Trinajstić information content (AvgIpc) is 2.67. The molecule has 1 heterocycles. The quantitative estimate of drug-likeness (QED) is 0.673. The van der Waals surface area contributed by atoms with Crippen LogP contribution in [0.2, 0.25) is 0 Å². The van der Waals surface area contributed by atoms with E-state index in [0.29, 0.717) is 0 Å². The van der Waals surface area contributed by atoms with Crippen molar-refractivity contribution >= 4 is 11.0 Å². The van der Waals surface area contributed by atoms with Crippen LogP contribution >= 0.6 is 0 Å². The van der Waals surface area contributed by atoms with Crippen LogP contribution in [0.4, 0.5) is 0 Å². The number of aryl methyl sites for hydroxylation is 2. The molecule has 1 aromatic carbocycles. The highest BCUT2D eigenvalue weighted by atomic mass is 16.5. The van der Waals surface area contributed by atoms with Gasteiger partial charge in [-0.3, -0.25) is 0 Å². The van der Waals surface area contributed by atoms with Gasteiger partial charge in [0.2, 0.25) is 0 Å². The third-order valence-corrected chi connectivity index (χ3v) is 3.81. The third kappa shape index (κ3) is 1.67. The molecule has 0 N–H and O–H groups in total. The minimum Gasteiger partial charge on any atom is -0.356 e. The van der Waals surface area contributed by atoms with Crippen molar-refractivity contribution in [3.8, 4) is 0 Å². The predicted octanol–water partition coefficient (Wildman–Crippen LogP) is 4.36. The molecule has 1 aromatic heterocycles. The summed E-state index contributed by atoms with van der Waals surface area (Å²) in [5.74, 6) is 0. The van der Waals surface area contributed by atoms with Gasteiger partial charge in [-0.25, -0.2) is 0 Å². The first-order valence-electron chi connectivity index (χ1n) is 6.11. The molecule has 0 saturated carbocycles. The van der Waals surface area contributed by atoms with Crippen LogP contribution in [0.15, 0.2) is 4.52 Å². The van der Waals surface area contributed by atoms with Gasteiger partial charge in [0.05, 0.1) is 5.69 Å². The van der Waals surface area contributed by atoms with Gasteiger partial charge in [-0.1, -0.05) is 25.9 Å². The molecule has 0 spiro atoms. The van der Waals surface area contributed by atoms with E-state index in [2.05, 4.69) is 53.6 Å². The molecule has 0 saturated heterocycles. The molecule has 0 atom stereocenters. The molecular formula is C15H21NO. The highest BCUT2D eigenvalue weighted by molar-refractivity contribution is 5.88. The standard InChI is InChI=1S/C15H21NO/c1-8-9(2)11(4)13-12(10(8)3)14(16-17-13)15(5,6)7/h1-7H3. The Hall–Kier alpha value is -1.31. The summed E-state index contributed by atoms with van der Waals surface area (Å²) in [5, 5.41) is 5.50. The molecule has 0 fully saturated rings. The van der Waals surface area contributed by atoms with Crippen molar-refractivity contribution in [2.24, 2.45) is 0 Å². The summed E-state index contributed by atoms with van der Waals surface area (Å²) < 4.78 is 5.57. The van der Waals surface area contributed by atoms with Crippen LogP contribution in [0, 0.1) is 27.7 Å². The van der Waals surface area contributed by atoms with Gasteiger partial charge < -0.3 is 4.52 Å². The lowest BCUT2D eigenvalue weighted by Crippen LogP contribution is -2.12. The summed E-state index contributed by atoms with van der Waals surface area (Å²) >= 11 is 0. The van der Waals surface area contributed by atoms with Crippen molar-refractivity contribution < 1.29 is 4.52 Å². The SMILES string of the molecule is Cc1c(C)c(C)c2c(C(C)(C)C)noc2c1C. The van der Waals surface area contributed by atoms with Gasteiger partial charge in [-0.2, -0.15) is 0 Å². The first-order valence-corrected chi connectivity index (χ1v) is 6.11. The molecule has 2 aromatic rings. The third-order valence-electron chi connectivity index (χ3n) is 3.81. The second kappa shape index (κ2) is 3.59. The minimum absolute atomic E-state index is 0.0180. The Labute approximate surface area is 103 Å². The molecule has 0 bridgehead atoms. The van der Waals surface area contributed by atoms with Crippen LogP contribution in [-0.4, -0.2) is 5.16 Å². The Morgan fingerprint density at radius 2 is 1.35 bits per heavy atom. The minimum atomic E-state index is 0.0180. The van der Waals surface area contributed by atoms with E-state index in [0.717, 1.165) is 11.3 Å². The Kier molecular flexibility index (Phi) is 2.57. The van der Waals surface area contributed by atoms with Crippen molar-refractivity contribution in [2.45, 2.75) is 53.9 Å². The van der Waals surface area contributed by atoms with E-state index in [1.165, 1.54) is 27.6 Å². The first kappa shape index (κ1) is 12.2. The van der Waals surface area contributed by atoms with Crippen LogP contribution in [-0.2, 0) is 5.41 Å². The summed E-state index contributed by atoms with van der Waals surface area (Å²) in [5.41, 5.74) is 7.21. The molecule has 0 radical (unpaired) electrons. The Balaban J connectivity index is 2.96. The fourth-order valence-corrected chi connectivity index (χ4v) is 2.33. The fraction of sp³-hybridized carbons (Fsp3) is 0.533. The Morgan fingerprint density at radius 3 is 1.88 bits per heavy atom. The molecule has 2 heteroatoms. The van der Waals surface area contributed by atoms with Crippen molar-refractivity contribution in [1.82, 2.24) is 5.16 Å². The van der Waals surface area contributed by atoms with Crippen molar-refractivity contribution in [1.29, 1.82) is 0 Å². The zero-order chi connectivity index (χ0) is 13.0. The van der Waals surface area contributed by atoms with Crippen molar-refractivity contribution in [3.05, 3.63) is 27.9 Å². The van der Waals surface area contributed by atoms with Gasteiger partial charge in [0.15, 0.2) is 5.58 Å². The second-order valence-electron chi connectivity index (χ2n) is 5.99. The largest absolute Gasteiger partial charge is 0.356 e. The predicted molar refractivity (Wildman–Crippen MR) is 71.7 cm³/mol. The zero-order valence-electron chi connectivity index (χ0n) is 11.9. The highest BCUT2D eigenvalue weighted by Crippen LogP contribution is 2.36. The van der Waals surface area contributed by atoms with E-state index >= 15 is 0 Å². The van der Waals surface area contributed by atoms with Gasteiger partial charge in [0, 0.05) is 10.8 Å². The van der Waals surface area contributed by atoms with Crippen LogP contribution in [0.3, 0.4) is 0 Å². The van der Waals surface area contributed by atoms with E-state index in [1.807, 2.05) is 0 Å². The van der Waals surface area contributed by atoms with E-state index < -0.39 is 0 Å². The highest BCUT2D eigenvalue weighted by Gasteiger charge is 2.25. The van der Waals surface area contributed by atoms with Crippen molar-refractivity contribution in [3.63, 3.8) is 0 Å². The normalized spacial score (nSPS) is 12.4. The number of fused-ring (bicyclic) bond motifs is 1. The molecule has 17 heavy (non-hydrogen) atoms. The number of benzene rings is 1. The molecule has 0 aliphatic rings. The number of nitrogens with zero attached hydrogens (tertiary/aromatic N) is 1. The lowest BCUT2D eigenvalue weighted by atomic mass is 9.86. The average molecular weight is 231 g/mol. The first-order chi connectivity index (χ1) is 7.75. The number of rotatable bonds is 0. The van der Waals surface area contributed by atoms with Crippen LogP contribution < -0.4 is 0 Å². The summed E-state index contributed by atoms with van der Waals surface area (Å²) in [4.78, 5) is 0. The van der Waals surface area contributed by atoms with Gasteiger partial charge in [-0.05, 0) is 49.9 Å². The Morgan fingerprint density at radius 1 is 0.824 bits per heavy atom. The smallest absolute Gasteiger partial charge is 0.170 e. The van der Waals surface area contributed by atoms with E-state index in [-0.39, 0.29) is 5.41 Å². The van der Waals surface area contributed by atoms with Crippen LogP contribution in [0.5, 0.6) is 0 Å². The summed E-state index contributed by atoms with van der Waals surface area (Å²) in [6.45, 7) is 15.1. The molecule has 2 nitrogen and oxygen atoms in total. The lowest BCUT2D eigenvalue weighted by Gasteiger charge is -2.17. The lowest BCUT2D eigenvalue weighted by molar-refractivity contribution is 0.418. The number of aromatic nitrogens is 1. The van der Waals surface area contributed by atoms with Gasteiger partial charge >= 0.3 is 0 Å². The zero-order valence-corrected chi connectivity index (χ0v) is 11.9. The molecule has 92 valence electrons. The molecule has 0 aliphatic carbocycles. The second-order valence-corrected chi connectivity index (χ2v) is 5.99. The maximum Gasteiger partial charge on any atom is 0.170 e. The van der Waals surface area contributed by atoms with Gasteiger partial charge in [0.25, 0.3) is 0 Å². The molecule has 2 rings (SSSR count). The van der Waals surface area contributed by atoms with Crippen molar-refractivity contribution in [2.75, 3.05) is 0 Å². The van der Waals surface area contributed by atoms with E-state index in [1.54, 1.807) is 0 Å². The molecular weight excluding hydrogens is 210 g/mol. The summed E-state index contributed by atoms with van der Waals surface area (Å²) in [6.07, 6.45) is 0. The van der Waals surface area contributed by atoms with Crippen LogP contribution in [0.25, 0.3) is 11.0 Å². The van der Waals surface area contributed by atoms with Crippen LogP contribution in [0.1, 0.15) is 48.7 Å². The molecule has 0 aliphatic heterocycles. The van der Waals surface area contributed by atoms with Gasteiger partial charge in [-0.15, -0.1) is 0 Å². The molecule has 0 amide bonds. The monoisotopic (exact) mass is 231 g/mol. The summed E-state index contributed by atoms with van der Waals surface area (Å²) in [7, 11) is 0. The maximum absolute atomic E-state index is 5.57. The number of hydrogen-bond donors (Lipinski definition) is 0. The maximum atomic E-state index is 5.57. The topological polar surface area (TPSA) is 26.0 Å². The van der Waals surface area contributed by atoms with Gasteiger partial charge in [0.1, 0.15) is 0 Å². The number of hydrogen-bond acceptors (Lipinski definition) is 2. The summed E-state index contributed by atoms with van der Waals surface area (Å²) in [6, 6.07) is 0. The van der Waals surface area contributed by atoms with E-state index in [9.17, 15) is 0 Å².